The van der Waals surface area contributed by atoms with Crippen LogP contribution in [-0.2, 0) is 16.9 Å². The Morgan fingerprint density at radius 3 is 2.63 bits per heavy atom. The number of piperidine rings is 1. The van der Waals surface area contributed by atoms with E-state index in [1.165, 1.54) is 4.90 Å². The molecule has 2 fully saturated rings. The van der Waals surface area contributed by atoms with Crippen molar-refractivity contribution in [2.45, 2.75) is 24.9 Å². The summed E-state index contributed by atoms with van der Waals surface area (Å²) in [4.78, 5) is 36.1. The number of amides is 3. The molecule has 0 spiro atoms. The summed E-state index contributed by atoms with van der Waals surface area (Å²) in [5, 5.41) is 6.67. The number of carbonyl (C=O) groups is 2. The predicted octanol–water partition coefficient (Wildman–Crippen LogP) is 2.08. The first-order valence-electron chi connectivity index (χ1n) is 8.98. The van der Waals surface area contributed by atoms with Crippen LogP contribution >= 0.6 is 11.6 Å². The third kappa shape index (κ3) is 3.17. The van der Waals surface area contributed by atoms with Crippen molar-refractivity contribution in [3.63, 3.8) is 0 Å². The van der Waals surface area contributed by atoms with Crippen molar-refractivity contribution in [3.05, 3.63) is 59.1 Å². The van der Waals surface area contributed by atoms with E-state index in [1.54, 1.807) is 30.6 Å². The molecule has 2 aliphatic rings. The molecule has 4 rings (SSSR count). The Kier molecular flexibility index (Phi) is 4.80. The molecular weight excluding hydrogens is 366 g/mol. The molecule has 3 amide bonds. The maximum atomic E-state index is 13.5. The minimum absolute atomic E-state index is 0.0153. The molecule has 2 aromatic heterocycles. The minimum atomic E-state index is -1.12. The minimum Gasteiger partial charge on any atom is -0.318 e. The number of rotatable bonds is 4. The highest BCUT2D eigenvalue weighted by molar-refractivity contribution is 6.29. The largest absolute Gasteiger partial charge is 0.325 e. The second-order valence-corrected chi connectivity index (χ2v) is 7.25. The molecule has 0 radical (unpaired) electrons. The maximum Gasteiger partial charge on any atom is 0.325 e. The molecule has 0 bridgehead atoms. The van der Waals surface area contributed by atoms with Crippen LogP contribution in [0.3, 0.4) is 0 Å². The summed E-state index contributed by atoms with van der Waals surface area (Å²) in [5.41, 5.74) is 0.206. The molecular formula is C19H20ClN5O2. The number of aromatic nitrogens is 2. The van der Waals surface area contributed by atoms with Gasteiger partial charge in [0.15, 0.2) is 5.54 Å². The van der Waals surface area contributed by atoms with E-state index in [4.69, 9.17) is 11.6 Å². The molecule has 4 heterocycles. The molecule has 1 atom stereocenters. The molecule has 2 N–H and O–H groups in total. The zero-order valence-electron chi connectivity index (χ0n) is 14.7. The number of imide groups is 1. The average molecular weight is 386 g/mol. The van der Waals surface area contributed by atoms with E-state index in [1.807, 2.05) is 12.1 Å². The van der Waals surface area contributed by atoms with Gasteiger partial charge in [0.25, 0.3) is 5.91 Å². The van der Waals surface area contributed by atoms with Crippen LogP contribution < -0.4 is 10.6 Å². The van der Waals surface area contributed by atoms with Crippen molar-refractivity contribution in [2.75, 3.05) is 13.1 Å². The van der Waals surface area contributed by atoms with Gasteiger partial charge in [-0.25, -0.2) is 9.78 Å². The first-order valence-corrected chi connectivity index (χ1v) is 9.36. The lowest BCUT2D eigenvalue weighted by Gasteiger charge is -2.37. The number of halogens is 1. The molecule has 2 aliphatic heterocycles. The number of hydrogen-bond donors (Lipinski definition) is 2. The summed E-state index contributed by atoms with van der Waals surface area (Å²) in [6.07, 6.45) is 4.81. The normalized spacial score (nSPS) is 23.5. The Hall–Kier alpha value is -2.51. The van der Waals surface area contributed by atoms with Gasteiger partial charge in [-0.05, 0) is 55.6 Å². The van der Waals surface area contributed by atoms with Gasteiger partial charge < -0.3 is 10.6 Å². The van der Waals surface area contributed by atoms with E-state index < -0.39 is 11.6 Å². The van der Waals surface area contributed by atoms with Gasteiger partial charge in [0.2, 0.25) is 0 Å². The van der Waals surface area contributed by atoms with Crippen molar-refractivity contribution in [1.82, 2.24) is 25.5 Å². The summed E-state index contributed by atoms with van der Waals surface area (Å²) in [6, 6.07) is 8.47. The van der Waals surface area contributed by atoms with Gasteiger partial charge in [-0.3, -0.25) is 14.7 Å². The van der Waals surface area contributed by atoms with E-state index in [2.05, 4.69) is 20.6 Å². The fraction of sp³-hybridized carbons (Fsp3) is 0.368. The van der Waals surface area contributed by atoms with Gasteiger partial charge in [-0.15, -0.1) is 0 Å². The van der Waals surface area contributed by atoms with Crippen LogP contribution in [0.15, 0.2) is 42.7 Å². The van der Waals surface area contributed by atoms with E-state index in [0.29, 0.717) is 10.8 Å². The SMILES string of the molecule is O=C1NC(c2ccccn2)(C2CCNCC2)C(=O)N1Cc1ccc(Cl)nc1. The number of carbonyl (C=O) groups excluding carboxylic acids is 2. The fourth-order valence-electron chi connectivity index (χ4n) is 3.93. The Morgan fingerprint density at radius 1 is 1.15 bits per heavy atom. The molecule has 1 unspecified atom stereocenters. The maximum absolute atomic E-state index is 13.5. The highest BCUT2D eigenvalue weighted by atomic mass is 35.5. The van der Waals surface area contributed by atoms with Crippen molar-refractivity contribution in [3.8, 4) is 0 Å². The van der Waals surface area contributed by atoms with E-state index in [-0.39, 0.29) is 18.4 Å². The quantitative estimate of drug-likeness (QED) is 0.621. The van der Waals surface area contributed by atoms with Gasteiger partial charge in [0.05, 0.1) is 12.2 Å². The summed E-state index contributed by atoms with van der Waals surface area (Å²) >= 11 is 5.83. The van der Waals surface area contributed by atoms with Gasteiger partial charge in [0, 0.05) is 12.4 Å². The highest BCUT2D eigenvalue weighted by Gasteiger charge is 2.57. The summed E-state index contributed by atoms with van der Waals surface area (Å²) in [7, 11) is 0. The Morgan fingerprint density at radius 2 is 1.96 bits per heavy atom. The smallest absolute Gasteiger partial charge is 0.318 e. The molecule has 7 nitrogen and oxygen atoms in total. The Bertz CT molecular complexity index is 839. The lowest BCUT2D eigenvalue weighted by molar-refractivity contribution is -0.134. The third-order valence-electron chi connectivity index (χ3n) is 5.28. The second kappa shape index (κ2) is 7.25. The van der Waals surface area contributed by atoms with Gasteiger partial charge in [-0.2, -0.15) is 0 Å². The molecule has 0 aromatic carbocycles. The van der Waals surface area contributed by atoms with E-state index in [0.717, 1.165) is 31.5 Å². The van der Waals surface area contributed by atoms with E-state index >= 15 is 0 Å². The molecule has 0 saturated carbocycles. The zero-order chi connectivity index (χ0) is 18.9. The number of nitrogens with one attached hydrogen (secondary N) is 2. The van der Waals surface area contributed by atoms with Crippen molar-refractivity contribution < 1.29 is 9.59 Å². The topological polar surface area (TPSA) is 87.2 Å². The Balaban J connectivity index is 1.70. The molecule has 2 aromatic rings. The molecule has 27 heavy (non-hydrogen) atoms. The first kappa shape index (κ1) is 17.9. The standard InChI is InChI=1S/C19H20ClN5O2/c20-16-5-4-13(11-23-16)12-25-17(26)19(24-18(25)27,14-6-9-21-10-7-14)15-3-1-2-8-22-15/h1-5,8,11,14,21H,6-7,9-10,12H2,(H,24,27). The third-order valence-corrected chi connectivity index (χ3v) is 5.51. The van der Waals surface area contributed by atoms with Gasteiger partial charge in [-0.1, -0.05) is 23.7 Å². The molecule has 140 valence electrons. The first-order chi connectivity index (χ1) is 13.1. The van der Waals surface area contributed by atoms with Gasteiger partial charge >= 0.3 is 6.03 Å². The summed E-state index contributed by atoms with van der Waals surface area (Å²) < 4.78 is 0. The van der Waals surface area contributed by atoms with Crippen LogP contribution in [0.1, 0.15) is 24.1 Å². The lowest BCUT2D eigenvalue weighted by atomic mass is 9.75. The molecule has 8 heteroatoms. The Labute approximate surface area is 162 Å². The highest BCUT2D eigenvalue weighted by Crippen LogP contribution is 2.40. The van der Waals surface area contributed by atoms with Crippen molar-refractivity contribution >= 4 is 23.5 Å². The number of pyridine rings is 2. The van der Waals surface area contributed by atoms with Crippen LogP contribution in [0, 0.1) is 5.92 Å². The second-order valence-electron chi connectivity index (χ2n) is 6.86. The van der Waals surface area contributed by atoms with Crippen LogP contribution in [0.4, 0.5) is 4.79 Å². The summed E-state index contributed by atoms with van der Waals surface area (Å²) in [5.74, 6) is -0.272. The monoisotopic (exact) mass is 385 g/mol. The fourth-order valence-corrected chi connectivity index (χ4v) is 4.04. The van der Waals surface area contributed by atoms with Crippen molar-refractivity contribution in [1.29, 1.82) is 0 Å². The van der Waals surface area contributed by atoms with Crippen LogP contribution in [-0.4, -0.2) is 39.9 Å². The van der Waals surface area contributed by atoms with Crippen molar-refractivity contribution in [2.24, 2.45) is 5.92 Å². The molecule has 2 saturated heterocycles. The van der Waals surface area contributed by atoms with Crippen LogP contribution in [0.25, 0.3) is 0 Å². The zero-order valence-corrected chi connectivity index (χ0v) is 15.4. The molecule has 0 aliphatic carbocycles. The predicted molar refractivity (Wildman–Crippen MR) is 99.8 cm³/mol. The number of hydrogen-bond acceptors (Lipinski definition) is 5. The lowest BCUT2D eigenvalue weighted by Crippen LogP contribution is -2.53. The number of nitrogens with zero attached hydrogens (tertiary/aromatic N) is 3. The summed E-state index contributed by atoms with van der Waals surface area (Å²) in [6.45, 7) is 1.77. The van der Waals surface area contributed by atoms with Gasteiger partial charge in [0.1, 0.15) is 5.15 Å². The average Bonchev–Trinajstić information content (AvgIpc) is 2.96. The number of urea groups is 1. The van der Waals surface area contributed by atoms with Crippen LogP contribution in [0.5, 0.6) is 0 Å². The van der Waals surface area contributed by atoms with Crippen LogP contribution in [0.2, 0.25) is 5.15 Å². The van der Waals surface area contributed by atoms with E-state index in [9.17, 15) is 9.59 Å².